The maximum absolute atomic E-state index is 12.0. The molecule has 0 bridgehead atoms. The molecule has 0 aromatic carbocycles. The Morgan fingerprint density at radius 1 is 1.21 bits per heavy atom. The molecule has 2 unspecified atom stereocenters. The average molecular weight is 289 g/mol. The summed E-state index contributed by atoms with van der Waals surface area (Å²) in [5, 5.41) is 6.60. The molecule has 19 heavy (non-hydrogen) atoms. The monoisotopic (exact) mass is 288 g/mol. The molecule has 2 aliphatic rings. The van der Waals surface area contributed by atoms with E-state index in [0.717, 1.165) is 38.3 Å². The normalized spacial score (nSPS) is 28.5. The van der Waals surface area contributed by atoms with E-state index in [1.807, 2.05) is 0 Å². The van der Waals surface area contributed by atoms with Crippen molar-refractivity contribution in [2.45, 2.75) is 64.3 Å². The maximum atomic E-state index is 12.0. The van der Waals surface area contributed by atoms with Crippen LogP contribution < -0.4 is 10.6 Å². The molecular formula is C15H29ClN2O. The quantitative estimate of drug-likeness (QED) is 0.835. The molecule has 1 saturated carbocycles. The lowest BCUT2D eigenvalue weighted by Crippen LogP contribution is -2.48. The second-order valence-corrected chi connectivity index (χ2v) is 6.19. The summed E-state index contributed by atoms with van der Waals surface area (Å²) in [4.78, 5) is 12.0. The molecule has 1 heterocycles. The Kier molecular flexibility index (Phi) is 7.77. The van der Waals surface area contributed by atoms with E-state index in [9.17, 15) is 4.79 Å². The summed E-state index contributed by atoms with van der Waals surface area (Å²) in [7, 11) is 0. The van der Waals surface area contributed by atoms with Gasteiger partial charge in [-0.3, -0.25) is 4.79 Å². The summed E-state index contributed by atoms with van der Waals surface area (Å²) in [5.74, 6) is 1.66. The Hall–Kier alpha value is -0.280. The number of rotatable bonds is 4. The van der Waals surface area contributed by atoms with Gasteiger partial charge in [0, 0.05) is 12.5 Å². The summed E-state index contributed by atoms with van der Waals surface area (Å²) in [6.07, 6.45) is 9.75. The minimum atomic E-state index is 0. The van der Waals surface area contributed by atoms with Crippen LogP contribution in [0.4, 0.5) is 0 Å². The average Bonchev–Trinajstić information content (AvgIpc) is 2.40. The van der Waals surface area contributed by atoms with Gasteiger partial charge in [0.2, 0.25) is 5.91 Å². The number of carbonyl (C=O) groups excluding carboxylic acids is 1. The standard InChI is InChI=1S/C15H28N2O.ClH/c1-12-11-16-10-9-14(12)17-15(18)8-7-13-5-3-2-4-6-13;/h12-14,16H,2-11H2,1H3,(H,17,18);1H. The van der Waals surface area contributed by atoms with Gasteiger partial charge >= 0.3 is 0 Å². The predicted octanol–water partition coefficient (Wildman–Crippen LogP) is 2.88. The highest BCUT2D eigenvalue weighted by Crippen LogP contribution is 2.27. The lowest BCUT2D eigenvalue weighted by molar-refractivity contribution is -0.122. The summed E-state index contributed by atoms with van der Waals surface area (Å²) >= 11 is 0. The van der Waals surface area contributed by atoms with Gasteiger partial charge < -0.3 is 10.6 Å². The Balaban J connectivity index is 0.00000180. The SMILES string of the molecule is CC1CNCCC1NC(=O)CCC1CCCCC1.Cl. The first-order valence-corrected chi connectivity index (χ1v) is 7.76. The Labute approximate surface area is 123 Å². The van der Waals surface area contributed by atoms with E-state index in [2.05, 4.69) is 17.6 Å². The van der Waals surface area contributed by atoms with Gasteiger partial charge in [-0.05, 0) is 37.8 Å². The molecule has 1 saturated heterocycles. The lowest BCUT2D eigenvalue weighted by Gasteiger charge is -2.30. The van der Waals surface area contributed by atoms with Crippen molar-refractivity contribution < 1.29 is 4.79 Å². The lowest BCUT2D eigenvalue weighted by atomic mass is 9.86. The molecule has 112 valence electrons. The molecule has 1 aliphatic heterocycles. The first-order chi connectivity index (χ1) is 8.75. The van der Waals surface area contributed by atoms with Gasteiger partial charge in [0.05, 0.1) is 0 Å². The number of halogens is 1. The summed E-state index contributed by atoms with van der Waals surface area (Å²) in [6.45, 7) is 4.30. The van der Waals surface area contributed by atoms with Crippen LogP contribution in [0.3, 0.4) is 0 Å². The summed E-state index contributed by atoms with van der Waals surface area (Å²) in [6, 6.07) is 0.394. The van der Waals surface area contributed by atoms with Crippen molar-refractivity contribution in [3.8, 4) is 0 Å². The Bertz CT molecular complexity index is 267. The van der Waals surface area contributed by atoms with Crippen LogP contribution in [0.25, 0.3) is 0 Å². The molecule has 1 amide bonds. The van der Waals surface area contributed by atoms with Gasteiger partial charge in [-0.15, -0.1) is 12.4 Å². The van der Waals surface area contributed by atoms with Crippen molar-refractivity contribution in [1.82, 2.24) is 10.6 Å². The highest BCUT2D eigenvalue weighted by Gasteiger charge is 2.23. The molecule has 0 aromatic rings. The van der Waals surface area contributed by atoms with Crippen molar-refractivity contribution >= 4 is 18.3 Å². The third kappa shape index (κ3) is 5.70. The largest absolute Gasteiger partial charge is 0.353 e. The van der Waals surface area contributed by atoms with Gasteiger partial charge in [-0.25, -0.2) is 0 Å². The number of piperidine rings is 1. The van der Waals surface area contributed by atoms with Gasteiger partial charge in [-0.1, -0.05) is 39.0 Å². The fraction of sp³-hybridized carbons (Fsp3) is 0.933. The second-order valence-electron chi connectivity index (χ2n) is 6.19. The fourth-order valence-corrected chi connectivity index (χ4v) is 3.32. The van der Waals surface area contributed by atoms with Crippen LogP contribution in [0.2, 0.25) is 0 Å². The second kappa shape index (κ2) is 8.80. The van der Waals surface area contributed by atoms with E-state index in [1.54, 1.807) is 0 Å². The zero-order chi connectivity index (χ0) is 12.8. The molecule has 2 fully saturated rings. The highest BCUT2D eigenvalue weighted by molar-refractivity contribution is 5.85. The number of hydrogen-bond donors (Lipinski definition) is 2. The molecular weight excluding hydrogens is 260 g/mol. The van der Waals surface area contributed by atoms with Crippen molar-refractivity contribution in [2.75, 3.05) is 13.1 Å². The third-order valence-electron chi connectivity index (χ3n) is 4.64. The molecule has 2 atom stereocenters. The minimum Gasteiger partial charge on any atom is -0.353 e. The van der Waals surface area contributed by atoms with Crippen LogP contribution in [-0.4, -0.2) is 25.0 Å². The van der Waals surface area contributed by atoms with Crippen LogP contribution in [0.5, 0.6) is 0 Å². The molecule has 3 nitrogen and oxygen atoms in total. The fourth-order valence-electron chi connectivity index (χ4n) is 3.32. The minimum absolute atomic E-state index is 0. The molecule has 4 heteroatoms. The van der Waals surface area contributed by atoms with Crippen molar-refractivity contribution in [2.24, 2.45) is 11.8 Å². The molecule has 0 spiro atoms. The van der Waals surface area contributed by atoms with Crippen molar-refractivity contribution in [3.05, 3.63) is 0 Å². The number of hydrogen-bond acceptors (Lipinski definition) is 2. The Morgan fingerprint density at radius 3 is 2.63 bits per heavy atom. The Morgan fingerprint density at radius 2 is 1.95 bits per heavy atom. The zero-order valence-corrected chi connectivity index (χ0v) is 12.9. The molecule has 1 aliphatic carbocycles. The predicted molar refractivity (Wildman–Crippen MR) is 81.6 cm³/mol. The van der Waals surface area contributed by atoms with Crippen molar-refractivity contribution in [1.29, 1.82) is 0 Å². The molecule has 0 aromatic heterocycles. The molecule has 0 radical (unpaired) electrons. The molecule has 2 N–H and O–H groups in total. The van der Waals surface area contributed by atoms with Crippen LogP contribution >= 0.6 is 12.4 Å². The van der Waals surface area contributed by atoms with E-state index in [0.29, 0.717) is 12.0 Å². The van der Waals surface area contributed by atoms with E-state index >= 15 is 0 Å². The van der Waals surface area contributed by atoms with Crippen LogP contribution in [0.1, 0.15) is 58.3 Å². The summed E-state index contributed by atoms with van der Waals surface area (Å²) in [5.41, 5.74) is 0. The van der Waals surface area contributed by atoms with E-state index in [4.69, 9.17) is 0 Å². The highest BCUT2D eigenvalue weighted by atomic mass is 35.5. The van der Waals surface area contributed by atoms with E-state index in [1.165, 1.54) is 32.1 Å². The number of carbonyl (C=O) groups is 1. The zero-order valence-electron chi connectivity index (χ0n) is 12.1. The first-order valence-electron chi connectivity index (χ1n) is 7.76. The van der Waals surface area contributed by atoms with Gasteiger partial charge in [0.25, 0.3) is 0 Å². The maximum Gasteiger partial charge on any atom is 0.220 e. The van der Waals surface area contributed by atoms with Crippen LogP contribution in [0.15, 0.2) is 0 Å². The topological polar surface area (TPSA) is 41.1 Å². The number of amides is 1. The molecule has 2 rings (SSSR count). The van der Waals surface area contributed by atoms with Crippen LogP contribution in [0, 0.1) is 11.8 Å². The van der Waals surface area contributed by atoms with Crippen LogP contribution in [-0.2, 0) is 4.79 Å². The van der Waals surface area contributed by atoms with Gasteiger partial charge in [0.1, 0.15) is 0 Å². The number of nitrogens with one attached hydrogen (secondary N) is 2. The smallest absolute Gasteiger partial charge is 0.220 e. The van der Waals surface area contributed by atoms with Crippen molar-refractivity contribution in [3.63, 3.8) is 0 Å². The first kappa shape index (κ1) is 16.8. The van der Waals surface area contributed by atoms with E-state index < -0.39 is 0 Å². The van der Waals surface area contributed by atoms with E-state index in [-0.39, 0.29) is 18.3 Å². The third-order valence-corrected chi connectivity index (χ3v) is 4.64. The van der Waals surface area contributed by atoms with Gasteiger partial charge in [-0.2, -0.15) is 0 Å². The van der Waals surface area contributed by atoms with Gasteiger partial charge in [0.15, 0.2) is 0 Å². The summed E-state index contributed by atoms with van der Waals surface area (Å²) < 4.78 is 0.